The smallest absolute Gasteiger partial charge is 0.357 e. The summed E-state index contributed by atoms with van der Waals surface area (Å²) in [7, 11) is 2.84. The van der Waals surface area contributed by atoms with Gasteiger partial charge in [-0.05, 0) is 37.6 Å². The molecular formula is C21H22ClFN2O5. The van der Waals surface area contributed by atoms with Crippen molar-refractivity contribution in [2.24, 2.45) is 0 Å². The lowest BCUT2D eigenvalue weighted by atomic mass is 10.1. The average molecular weight is 437 g/mol. The van der Waals surface area contributed by atoms with Crippen molar-refractivity contribution in [2.75, 3.05) is 27.4 Å². The Morgan fingerprint density at radius 3 is 2.77 bits per heavy atom. The molecule has 0 saturated carbocycles. The first kappa shape index (κ1) is 22.0. The molecule has 1 aromatic carbocycles. The van der Waals surface area contributed by atoms with Crippen molar-refractivity contribution in [2.45, 2.75) is 20.1 Å². The van der Waals surface area contributed by atoms with Crippen LogP contribution in [0.4, 0.5) is 4.39 Å². The maximum absolute atomic E-state index is 14.9. The molecule has 30 heavy (non-hydrogen) atoms. The number of hydrogen-bond donors (Lipinski definition) is 1. The quantitative estimate of drug-likeness (QED) is 0.318. The van der Waals surface area contributed by atoms with Crippen LogP contribution >= 0.6 is 11.6 Å². The Kier molecular flexibility index (Phi) is 6.91. The number of pyridine rings is 1. The molecule has 7 nitrogen and oxygen atoms in total. The van der Waals surface area contributed by atoms with E-state index in [4.69, 9.17) is 30.5 Å². The number of esters is 1. The molecule has 0 radical (unpaired) electrons. The summed E-state index contributed by atoms with van der Waals surface area (Å²) >= 11 is 5.99. The van der Waals surface area contributed by atoms with Crippen LogP contribution in [0.1, 0.15) is 23.0 Å². The zero-order valence-electron chi connectivity index (χ0n) is 17.0. The van der Waals surface area contributed by atoms with Crippen LogP contribution in [0.15, 0.2) is 24.4 Å². The van der Waals surface area contributed by atoms with Crippen molar-refractivity contribution < 1.29 is 28.1 Å². The highest BCUT2D eigenvalue weighted by Gasteiger charge is 2.22. The number of aromatic amines is 1. The first-order valence-corrected chi connectivity index (χ1v) is 9.57. The number of rotatable bonds is 8. The van der Waals surface area contributed by atoms with E-state index in [1.165, 1.54) is 26.4 Å². The van der Waals surface area contributed by atoms with Gasteiger partial charge in [0.2, 0.25) is 0 Å². The van der Waals surface area contributed by atoms with Crippen LogP contribution in [0.3, 0.4) is 0 Å². The topological polar surface area (TPSA) is 82.7 Å². The largest absolute Gasteiger partial charge is 0.492 e. The maximum Gasteiger partial charge on any atom is 0.357 e. The van der Waals surface area contributed by atoms with Crippen LogP contribution in [0.5, 0.6) is 5.75 Å². The van der Waals surface area contributed by atoms with Crippen molar-refractivity contribution in [3.8, 4) is 17.0 Å². The van der Waals surface area contributed by atoms with Gasteiger partial charge in [0.1, 0.15) is 6.61 Å². The average Bonchev–Trinajstić information content (AvgIpc) is 3.11. The molecule has 1 atom stereocenters. The number of H-pyrrole nitrogens is 1. The molecule has 2 heterocycles. The number of hydrogen-bond acceptors (Lipinski definition) is 6. The van der Waals surface area contributed by atoms with Crippen molar-refractivity contribution in [1.82, 2.24) is 9.97 Å². The molecule has 2 aromatic heterocycles. The van der Waals surface area contributed by atoms with E-state index >= 15 is 0 Å². The lowest BCUT2D eigenvalue weighted by Crippen LogP contribution is -2.17. The molecule has 3 aromatic rings. The Balaban J connectivity index is 1.97. The van der Waals surface area contributed by atoms with Gasteiger partial charge in [0.25, 0.3) is 0 Å². The lowest BCUT2D eigenvalue weighted by molar-refractivity contribution is -0.118. The molecule has 0 saturated heterocycles. The minimum Gasteiger partial charge on any atom is -0.492 e. The highest BCUT2D eigenvalue weighted by atomic mass is 35.5. The number of aryl methyl sites for hydroxylation is 1. The van der Waals surface area contributed by atoms with Crippen LogP contribution in [-0.4, -0.2) is 49.7 Å². The highest BCUT2D eigenvalue weighted by molar-refractivity contribution is 6.32. The Morgan fingerprint density at radius 1 is 1.30 bits per heavy atom. The number of ether oxygens (including phenoxy) is 4. The monoisotopic (exact) mass is 436 g/mol. The van der Waals surface area contributed by atoms with Gasteiger partial charge in [-0.3, -0.25) is 0 Å². The molecule has 0 spiro atoms. The van der Waals surface area contributed by atoms with Gasteiger partial charge < -0.3 is 23.9 Å². The molecule has 0 amide bonds. The highest BCUT2D eigenvalue weighted by Crippen LogP contribution is 2.35. The van der Waals surface area contributed by atoms with E-state index < -0.39 is 18.1 Å². The number of halogens is 2. The fraction of sp³-hybridized carbons (Fsp3) is 0.333. The van der Waals surface area contributed by atoms with E-state index in [9.17, 15) is 9.18 Å². The van der Waals surface area contributed by atoms with Gasteiger partial charge in [-0.1, -0.05) is 11.6 Å². The third-order valence-corrected chi connectivity index (χ3v) is 4.88. The molecule has 0 bridgehead atoms. The van der Waals surface area contributed by atoms with E-state index in [-0.39, 0.29) is 40.9 Å². The summed E-state index contributed by atoms with van der Waals surface area (Å²) in [6.07, 6.45) is 1.33. The zero-order chi connectivity index (χ0) is 21.8. The second-order valence-corrected chi connectivity index (χ2v) is 6.91. The molecule has 0 fully saturated rings. The van der Waals surface area contributed by atoms with Gasteiger partial charge in [0, 0.05) is 24.3 Å². The SMILES string of the molecule is COc1c(Cl)ccc(-c2cc3[nH]cc(C)c3c(C(=O)OCCOC(C)OC)n2)c1F. The summed E-state index contributed by atoms with van der Waals surface area (Å²) < 4.78 is 35.5. The lowest BCUT2D eigenvalue weighted by Gasteiger charge is -2.12. The van der Waals surface area contributed by atoms with E-state index in [0.29, 0.717) is 10.9 Å². The van der Waals surface area contributed by atoms with Crippen molar-refractivity contribution >= 4 is 28.5 Å². The number of carbonyl (C=O) groups excluding carboxylic acids is 1. The number of nitrogens with one attached hydrogen (secondary N) is 1. The molecule has 0 aliphatic carbocycles. The molecule has 1 N–H and O–H groups in total. The molecule has 160 valence electrons. The second kappa shape index (κ2) is 9.42. The first-order chi connectivity index (χ1) is 14.4. The summed E-state index contributed by atoms with van der Waals surface area (Å²) in [5.74, 6) is -1.40. The van der Waals surface area contributed by atoms with E-state index in [1.807, 2.05) is 6.92 Å². The molecule has 0 aliphatic heterocycles. The third-order valence-electron chi connectivity index (χ3n) is 4.58. The summed E-state index contributed by atoms with van der Waals surface area (Å²) in [4.78, 5) is 20.2. The summed E-state index contributed by atoms with van der Waals surface area (Å²) in [6, 6.07) is 4.66. The molecule has 0 aliphatic rings. The van der Waals surface area contributed by atoms with Gasteiger partial charge in [0.15, 0.2) is 23.6 Å². The number of methoxy groups -OCH3 is 2. The van der Waals surface area contributed by atoms with E-state index in [2.05, 4.69) is 9.97 Å². The predicted octanol–water partition coefficient (Wildman–Crippen LogP) is 4.51. The summed E-state index contributed by atoms with van der Waals surface area (Å²) in [5.41, 5.74) is 1.91. The van der Waals surface area contributed by atoms with E-state index in [1.54, 1.807) is 19.2 Å². The Bertz CT molecular complexity index is 1070. The van der Waals surface area contributed by atoms with Gasteiger partial charge in [0.05, 0.1) is 29.9 Å². The number of nitrogens with zero attached hydrogens (tertiary/aromatic N) is 1. The minimum absolute atomic E-state index is 0.0204. The van der Waals surface area contributed by atoms with Crippen LogP contribution in [0.25, 0.3) is 22.2 Å². The van der Waals surface area contributed by atoms with Gasteiger partial charge >= 0.3 is 5.97 Å². The van der Waals surface area contributed by atoms with Gasteiger partial charge in [-0.15, -0.1) is 0 Å². The van der Waals surface area contributed by atoms with E-state index in [0.717, 1.165) is 5.56 Å². The second-order valence-electron chi connectivity index (χ2n) is 6.50. The minimum atomic E-state index is -0.665. The number of carbonyl (C=O) groups is 1. The van der Waals surface area contributed by atoms with Crippen molar-refractivity contribution in [3.63, 3.8) is 0 Å². The normalized spacial score (nSPS) is 12.2. The molecule has 9 heteroatoms. The number of aromatic nitrogens is 2. The van der Waals surface area contributed by atoms with Gasteiger partial charge in [-0.25, -0.2) is 14.2 Å². The van der Waals surface area contributed by atoms with Crippen LogP contribution < -0.4 is 4.74 Å². The summed E-state index contributed by atoms with van der Waals surface area (Å²) in [6.45, 7) is 3.76. The third kappa shape index (κ3) is 4.40. The fourth-order valence-corrected chi connectivity index (χ4v) is 3.23. The molecule has 3 rings (SSSR count). The van der Waals surface area contributed by atoms with Crippen LogP contribution in [0, 0.1) is 12.7 Å². The molecular weight excluding hydrogens is 415 g/mol. The Labute approximate surface area is 178 Å². The Morgan fingerprint density at radius 2 is 2.07 bits per heavy atom. The number of benzene rings is 1. The summed E-state index contributed by atoms with van der Waals surface area (Å²) in [5, 5.41) is 0.747. The van der Waals surface area contributed by atoms with Crippen molar-refractivity contribution in [3.05, 3.63) is 46.5 Å². The molecule has 1 unspecified atom stereocenters. The fourth-order valence-electron chi connectivity index (χ4n) is 3.00. The van der Waals surface area contributed by atoms with Crippen molar-refractivity contribution in [1.29, 1.82) is 0 Å². The van der Waals surface area contributed by atoms with Crippen LogP contribution in [-0.2, 0) is 14.2 Å². The number of fused-ring (bicyclic) bond motifs is 1. The zero-order valence-corrected chi connectivity index (χ0v) is 17.8. The van der Waals surface area contributed by atoms with Crippen LogP contribution in [0.2, 0.25) is 5.02 Å². The first-order valence-electron chi connectivity index (χ1n) is 9.20. The Hall–Kier alpha value is -2.68. The standard InChI is InChI=1S/C21H22ClFN2O5/c1-11-10-24-16-9-15(13-5-6-14(22)20(28-4)18(13)23)25-19(17(11)16)21(26)30-8-7-29-12(2)27-3/h5-6,9-10,12,24H,7-8H2,1-4H3. The predicted molar refractivity (Wildman–Crippen MR) is 110 cm³/mol. The maximum atomic E-state index is 14.9. The van der Waals surface area contributed by atoms with Gasteiger partial charge in [-0.2, -0.15) is 0 Å².